The highest BCUT2D eigenvalue weighted by molar-refractivity contribution is 5.99. The van der Waals surface area contributed by atoms with Gasteiger partial charge >= 0.3 is 0 Å². The van der Waals surface area contributed by atoms with Gasteiger partial charge in [0.2, 0.25) is 11.4 Å². The van der Waals surface area contributed by atoms with Crippen molar-refractivity contribution < 1.29 is 55.2 Å². The van der Waals surface area contributed by atoms with Crippen molar-refractivity contribution in [3.63, 3.8) is 0 Å². The van der Waals surface area contributed by atoms with Crippen LogP contribution in [0.3, 0.4) is 0 Å². The summed E-state index contributed by atoms with van der Waals surface area (Å²) >= 11 is 0. The summed E-state index contributed by atoms with van der Waals surface area (Å²) in [5, 5.41) is 42.8. The number of hydrogen-bond donors (Lipinski definition) is 4. The minimum Gasteiger partial charge on any atom is -1.00 e. The molecule has 2 aromatic heterocycles. The zero-order chi connectivity index (χ0) is 20.8. The lowest BCUT2D eigenvalue weighted by molar-refractivity contribution is -0.355. The summed E-state index contributed by atoms with van der Waals surface area (Å²) in [6.07, 6.45) is 0. The molecule has 0 aliphatic heterocycles. The molecular weight excluding hydrogens is 451 g/mol. The molecule has 8 heteroatoms. The van der Waals surface area contributed by atoms with E-state index >= 15 is 0 Å². The van der Waals surface area contributed by atoms with Crippen LogP contribution in [0.25, 0.3) is 44.3 Å². The first-order chi connectivity index (χ1) is 14.5. The highest BCUT2D eigenvalue weighted by atomic mass is 35.5. The molecule has 0 unspecified atom stereocenters. The Balaban J connectivity index is 0.00000144. The normalized spacial score (nSPS) is 10.5. The quantitative estimate of drug-likeness (QED) is 0.220. The predicted octanol–water partition coefficient (Wildman–Crippen LogP) is -2.21. The van der Waals surface area contributed by atoms with Gasteiger partial charge in [-0.05, 0) is 48.5 Å². The fraction of sp³-hybridized carbons (Fsp3) is 0. The molecule has 5 rings (SSSR count). The van der Waals surface area contributed by atoms with E-state index in [9.17, 15) is 20.4 Å². The van der Waals surface area contributed by atoms with Crippen LogP contribution in [0.15, 0.2) is 72.8 Å². The number of H-pyrrole nitrogens is 2. The predicted molar refractivity (Wildman–Crippen MR) is 112 cm³/mol. The summed E-state index contributed by atoms with van der Waals surface area (Å²) in [5.74, 6) is -0.131. The largest absolute Gasteiger partial charge is 1.00 e. The number of aromatic nitrogens is 2. The SMILES string of the molecule is Oc1cccc(O)c1-c1ccc2ccc3ccc(-c4c(O)cccc4O)[nH+]c3c2[nH+]1.[Cl-].[Cl-]. The van der Waals surface area contributed by atoms with Crippen molar-refractivity contribution in [2.75, 3.05) is 0 Å². The number of nitrogens with one attached hydrogen (secondary N) is 2. The molecular formula is C24H18Cl2N2O4. The third-order valence-corrected chi connectivity index (χ3v) is 5.23. The maximum Gasteiger partial charge on any atom is 0.284 e. The molecule has 6 nitrogen and oxygen atoms in total. The highest BCUT2D eigenvalue weighted by Gasteiger charge is 2.22. The van der Waals surface area contributed by atoms with E-state index in [0.717, 1.165) is 21.8 Å². The van der Waals surface area contributed by atoms with Crippen molar-refractivity contribution in [3.8, 4) is 45.5 Å². The zero-order valence-electron chi connectivity index (χ0n) is 16.5. The molecule has 0 amide bonds. The number of phenols is 4. The van der Waals surface area contributed by atoms with E-state index in [-0.39, 0.29) is 47.8 Å². The number of halogens is 2. The lowest BCUT2D eigenvalue weighted by Gasteiger charge is -2.05. The van der Waals surface area contributed by atoms with E-state index in [4.69, 9.17) is 0 Å². The Morgan fingerprint density at radius 1 is 0.438 bits per heavy atom. The Hall–Kier alpha value is -3.74. The van der Waals surface area contributed by atoms with Crippen LogP contribution >= 0.6 is 0 Å². The summed E-state index contributed by atoms with van der Waals surface area (Å²) in [7, 11) is 0. The van der Waals surface area contributed by atoms with Gasteiger partial charge in [0.1, 0.15) is 34.1 Å². The average Bonchev–Trinajstić information content (AvgIpc) is 2.73. The maximum absolute atomic E-state index is 10.2. The Morgan fingerprint density at radius 2 is 0.750 bits per heavy atom. The first kappa shape index (κ1) is 22.9. The number of fused-ring (bicyclic) bond motifs is 3. The summed E-state index contributed by atoms with van der Waals surface area (Å²) < 4.78 is 0. The Kier molecular flexibility index (Phi) is 6.30. The first-order valence-corrected chi connectivity index (χ1v) is 9.36. The fourth-order valence-corrected chi connectivity index (χ4v) is 3.78. The Bertz CT molecular complexity index is 1310. The number of benzene rings is 3. The monoisotopic (exact) mass is 468 g/mol. The minimum atomic E-state index is -0.0327. The Labute approximate surface area is 195 Å². The molecule has 0 atom stereocenters. The Morgan fingerprint density at radius 3 is 1.09 bits per heavy atom. The third kappa shape index (κ3) is 3.70. The van der Waals surface area contributed by atoms with Crippen LogP contribution in [-0.4, -0.2) is 20.4 Å². The van der Waals surface area contributed by atoms with Crippen molar-refractivity contribution in [2.45, 2.75) is 0 Å². The van der Waals surface area contributed by atoms with Crippen molar-refractivity contribution >= 4 is 21.8 Å². The summed E-state index contributed by atoms with van der Waals surface area (Å²) in [6.45, 7) is 0. The van der Waals surface area contributed by atoms with Crippen molar-refractivity contribution in [2.24, 2.45) is 0 Å². The summed E-state index contributed by atoms with van der Waals surface area (Å²) in [6, 6.07) is 20.5. The van der Waals surface area contributed by atoms with Crippen LogP contribution in [0.5, 0.6) is 23.0 Å². The lowest BCUT2D eigenvalue weighted by atomic mass is 10.0. The van der Waals surface area contributed by atoms with Crippen LogP contribution in [0.2, 0.25) is 0 Å². The third-order valence-electron chi connectivity index (χ3n) is 5.23. The zero-order valence-corrected chi connectivity index (χ0v) is 18.0. The maximum atomic E-state index is 10.2. The summed E-state index contributed by atoms with van der Waals surface area (Å²) in [4.78, 5) is 6.60. The van der Waals surface area contributed by atoms with Gasteiger partial charge in [0, 0.05) is 12.1 Å². The van der Waals surface area contributed by atoms with Gasteiger partial charge in [-0.15, -0.1) is 0 Å². The molecule has 0 bridgehead atoms. The molecule has 3 aromatic carbocycles. The average molecular weight is 469 g/mol. The van der Waals surface area contributed by atoms with Crippen LogP contribution in [0, 0.1) is 0 Å². The number of pyridine rings is 2. The number of phenolic OH excluding ortho intramolecular Hbond substituents is 4. The standard InChI is InChI=1S/C24H16N2O4.2ClH/c27-17-3-1-4-18(28)21(17)15-11-9-13-7-8-14-10-12-16(26-24(14)23(13)25-15)22-19(29)5-2-6-20(22)30;;/h1-12,27-30H;2*1H. The van der Waals surface area contributed by atoms with E-state index in [1.54, 1.807) is 24.3 Å². The smallest absolute Gasteiger partial charge is 0.284 e. The molecule has 6 N–H and O–H groups in total. The molecule has 0 spiro atoms. The highest BCUT2D eigenvalue weighted by Crippen LogP contribution is 2.37. The molecule has 0 saturated carbocycles. The van der Waals surface area contributed by atoms with E-state index in [1.807, 2.05) is 24.3 Å². The molecule has 0 fully saturated rings. The van der Waals surface area contributed by atoms with Crippen LogP contribution in [0.4, 0.5) is 0 Å². The second-order valence-corrected chi connectivity index (χ2v) is 7.08. The van der Waals surface area contributed by atoms with Crippen LogP contribution in [0.1, 0.15) is 0 Å². The van der Waals surface area contributed by atoms with Crippen molar-refractivity contribution in [1.82, 2.24) is 0 Å². The van der Waals surface area contributed by atoms with Gasteiger partial charge in [0.15, 0.2) is 0 Å². The van der Waals surface area contributed by atoms with Crippen LogP contribution < -0.4 is 34.8 Å². The van der Waals surface area contributed by atoms with E-state index in [1.165, 1.54) is 24.3 Å². The molecule has 5 aromatic rings. The van der Waals surface area contributed by atoms with Crippen molar-refractivity contribution in [1.29, 1.82) is 0 Å². The second-order valence-electron chi connectivity index (χ2n) is 7.08. The van der Waals surface area contributed by atoms with Crippen LogP contribution in [-0.2, 0) is 0 Å². The van der Waals surface area contributed by atoms with Gasteiger partial charge in [-0.3, -0.25) is 0 Å². The first-order valence-electron chi connectivity index (χ1n) is 9.36. The van der Waals surface area contributed by atoms with Gasteiger partial charge in [0.25, 0.3) is 11.0 Å². The topological polar surface area (TPSA) is 109 Å². The van der Waals surface area contributed by atoms with Gasteiger partial charge in [0.05, 0.1) is 10.8 Å². The number of aromatic hydroxyl groups is 4. The number of hydrogen-bond acceptors (Lipinski definition) is 4. The number of aromatic amines is 2. The molecule has 32 heavy (non-hydrogen) atoms. The van der Waals surface area contributed by atoms with E-state index in [0.29, 0.717) is 22.5 Å². The molecule has 2 heterocycles. The van der Waals surface area contributed by atoms with Gasteiger partial charge in [-0.25, -0.2) is 0 Å². The van der Waals surface area contributed by atoms with Gasteiger partial charge < -0.3 is 45.2 Å². The molecule has 0 aliphatic rings. The molecule has 0 saturated heterocycles. The van der Waals surface area contributed by atoms with Gasteiger partial charge in [-0.2, -0.15) is 9.97 Å². The molecule has 162 valence electrons. The number of rotatable bonds is 2. The fourth-order valence-electron chi connectivity index (χ4n) is 3.78. The molecule has 0 radical (unpaired) electrons. The lowest BCUT2D eigenvalue weighted by Crippen LogP contribution is -3.00. The minimum absolute atomic E-state index is 0. The molecule has 0 aliphatic carbocycles. The van der Waals surface area contributed by atoms with E-state index in [2.05, 4.69) is 9.97 Å². The van der Waals surface area contributed by atoms with Gasteiger partial charge in [-0.1, -0.05) is 12.1 Å². The summed E-state index contributed by atoms with van der Waals surface area (Å²) in [5.41, 5.74) is 3.23. The van der Waals surface area contributed by atoms with Crippen molar-refractivity contribution in [3.05, 3.63) is 72.8 Å². The van der Waals surface area contributed by atoms with E-state index < -0.39 is 0 Å². The second kappa shape index (κ2) is 8.78.